The zero-order chi connectivity index (χ0) is 22.5. The van der Waals surface area contributed by atoms with E-state index in [4.69, 9.17) is 9.47 Å². The second-order valence-corrected chi connectivity index (χ2v) is 7.50. The molecule has 0 spiro atoms. The van der Waals surface area contributed by atoms with Gasteiger partial charge in [-0.05, 0) is 56.3 Å². The molecule has 3 aromatic carbocycles. The molecule has 0 radical (unpaired) electrons. The van der Waals surface area contributed by atoms with Gasteiger partial charge in [0.25, 0.3) is 5.91 Å². The summed E-state index contributed by atoms with van der Waals surface area (Å²) in [5, 5.41) is 8.40. The van der Waals surface area contributed by atoms with Gasteiger partial charge >= 0.3 is 6.03 Å². The number of benzene rings is 3. The van der Waals surface area contributed by atoms with Crippen molar-refractivity contribution in [1.82, 2.24) is 0 Å². The molecule has 32 heavy (non-hydrogen) atoms. The van der Waals surface area contributed by atoms with Crippen molar-refractivity contribution in [2.75, 3.05) is 22.6 Å². The summed E-state index contributed by atoms with van der Waals surface area (Å²) in [7, 11) is 0. The van der Waals surface area contributed by atoms with Crippen LogP contribution in [0.25, 0.3) is 0 Å². The Labute approximate surface area is 186 Å². The fourth-order valence-electron chi connectivity index (χ4n) is 3.53. The average molecular weight is 431 g/mol. The highest BCUT2D eigenvalue weighted by Gasteiger charge is 2.22. The van der Waals surface area contributed by atoms with Crippen molar-refractivity contribution in [2.45, 2.75) is 26.4 Å². The summed E-state index contributed by atoms with van der Waals surface area (Å²) in [6.45, 7) is 4.40. The first-order valence-electron chi connectivity index (χ1n) is 10.5. The zero-order valence-electron chi connectivity index (χ0n) is 18.0. The van der Waals surface area contributed by atoms with E-state index in [1.54, 1.807) is 36.4 Å². The van der Waals surface area contributed by atoms with Gasteiger partial charge in [-0.1, -0.05) is 18.2 Å². The highest BCUT2D eigenvalue weighted by atomic mass is 16.5. The Morgan fingerprint density at radius 2 is 1.66 bits per heavy atom. The van der Waals surface area contributed by atoms with Crippen LogP contribution < -0.4 is 25.4 Å². The summed E-state index contributed by atoms with van der Waals surface area (Å²) >= 11 is 0. The van der Waals surface area contributed by atoms with Crippen LogP contribution in [0.4, 0.5) is 21.9 Å². The highest BCUT2D eigenvalue weighted by molar-refractivity contribution is 6.06. The van der Waals surface area contributed by atoms with E-state index >= 15 is 0 Å². The molecular formula is C25H25N3O4. The second kappa shape index (κ2) is 9.43. The molecule has 1 unspecified atom stereocenters. The predicted octanol–water partition coefficient (Wildman–Crippen LogP) is 5.31. The summed E-state index contributed by atoms with van der Waals surface area (Å²) in [6.07, 6.45) is 0.917. The van der Waals surface area contributed by atoms with Crippen LogP contribution in [0.1, 0.15) is 29.8 Å². The van der Waals surface area contributed by atoms with Crippen LogP contribution in [-0.2, 0) is 6.42 Å². The van der Waals surface area contributed by atoms with Gasteiger partial charge < -0.3 is 25.4 Å². The van der Waals surface area contributed by atoms with Crippen molar-refractivity contribution in [1.29, 1.82) is 0 Å². The minimum Gasteiger partial charge on any atom is -0.492 e. The molecule has 0 aromatic heterocycles. The van der Waals surface area contributed by atoms with Crippen LogP contribution in [0.5, 0.6) is 11.5 Å². The minimum atomic E-state index is -0.359. The summed E-state index contributed by atoms with van der Waals surface area (Å²) in [5.74, 6) is 1.10. The normalized spacial score (nSPS) is 14.1. The summed E-state index contributed by atoms with van der Waals surface area (Å²) in [6, 6.07) is 19.2. The van der Waals surface area contributed by atoms with Crippen molar-refractivity contribution in [3.05, 3.63) is 77.9 Å². The standard InChI is InChI=1S/C25H25N3O4/c1-3-31-23-14-18-13-16(2)32-22(18)15-21(23)28-24(29)17-9-11-20(12-10-17)27-25(30)26-19-7-5-4-6-8-19/h4-12,14-16H,3,13H2,1-2H3,(H,28,29)(H2,26,27,30). The third-order valence-electron chi connectivity index (χ3n) is 4.98. The van der Waals surface area contributed by atoms with Crippen LogP contribution in [-0.4, -0.2) is 24.6 Å². The van der Waals surface area contributed by atoms with Crippen LogP contribution in [0.3, 0.4) is 0 Å². The molecule has 1 atom stereocenters. The molecular weight excluding hydrogens is 406 g/mol. The monoisotopic (exact) mass is 431 g/mol. The van der Waals surface area contributed by atoms with Gasteiger partial charge in [0.2, 0.25) is 0 Å². The molecule has 1 aliphatic rings. The Kier molecular flexibility index (Phi) is 6.26. The summed E-state index contributed by atoms with van der Waals surface area (Å²) < 4.78 is 11.5. The molecule has 4 rings (SSSR count). The zero-order valence-corrected chi connectivity index (χ0v) is 18.0. The SMILES string of the molecule is CCOc1cc2c(cc1NC(=O)c1ccc(NC(=O)Nc3ccccc3)cc1)OC(C)C2. The number of rotatable bonds is 6. The van der Waals surface area contributed by atoms with Crippen LogP contribution >= 0.6 is 0 Å². The van der Waals surface area contributed by atoms with Crippen molar-refractivity contribution in [3.63, 3.8) is 0 Å². The Morgan fingerprint density at radius 3 is 2.34 bits per heavy atom. The van der Waals surface area contributed by atoms with Gasteiger partial charge in [0.15, 0.2) is 0 Å². The van der Waals surface area contributed by atoms with E-state index in [9.17, 15) is 9.59 Å². The maximum atomic E-state index is 12.8. The predicted molar refractivity (Wildman–Crippen MR) is 125 cm³/mol. The number of ether oxygens (including phenoxy) is 2. The maximum Gasteiger partial charge on any atom is 0.323 e. The molecule has 3 aromatic rings. The lowest BCUT2D eigenvalue weighted by atomic mass is 10.1. The van der Waals surface area contributed by atoms with Crippen molar-refractivity contribution < 1.29 is 19.1 Å². The van der Waals surface area contributed by atoms with E-state index in [0.29, 0.717) is 35.0 Å². The lowest BCUT2D eigenvalue weighted by Gasteiger charge is -2.14. The van der Waals surface area contributed by atoms with Crippen LogP contribution in [0, 0.1) is 0 Å². The number of anilines is 3. The smallest absolute Gasteiger partial charge is 0.323 e. The number of carbonyl (C=O) groups is 2. The molecule has 1 aliphatic heterocycles. The van der Waals surface area contributed by atoms with Gasteiger partial charge in [-0.2, -0.15) is 0 Å². The lowest BCUT2D eigenvalue weighted by Crippen LogP contribution is -2.19. The van der Waals surface area contributed by atoms with Crippen molar-refractivity contribution in [2.24, 2.45) is 0 Å². The number of urea groups is 1. The maximum absolute atomic E-state index is 12.8. The van der Waals surface area contributed by atoms with E-state index in [1.165, 1.54) is 0 Å². The molecule has 0 saturated heterocycles. The van der Waals surface area contributed by atoms with Crippen LogP contribution in [0.2, 0.25) is 0 Å². The molecule has 1 heterocycles. The van der Waals surface area contributed by atoms with Gasteiger partial charge in [-0.15, -0.1) is 0 Å². The molecule has 7 nitrogen and oxygen atoms in total. The minimum absolute atomic E-state index is 0.101. The van der Waals surface area contributed by atoms with Crippen LogP contribution in [0.15, 0.2) is 66.7 Å². The Hall–Kier alpha value is -4.00. The first kappa shape index (κ1) is 21.2. The number of amides is 3. The number of carbonyl (C=O) groups excluding carboxylic acids is 2. The Bertz CT molecular complexity index is 1110. The van der Waals surface area contributed by atoms with E-state index in [0.717, 1.165) is 17.7 Å². The molecule has 3 amide bonds. The summed E-state index contributed by atoms with van der Waals surface area (Å²) in [5.41, 5.74) is 3.36. The number of para-hydroxylation sites is 1. The van der Waals surface area contributed by atoms with E-state index in [-0.39, 0.29) is 18.0 Å². The quantitative estimate of drug-likeness (QED) is 0.494. The van der Waals surface area contributed by atoms with E-state index in [2.05, 4.69) is 16.0 Å². The molecule has 164 valence electrons. The molecule has 0 aliphatic carbocycles. The highest BCUT2D eigenvalue weighted by Crippen LogP contribution is 2.38. The third kappa shape index (κ3) is 5.00. The largest absolute Gasteiger partial charge is 0.492 e. The Balaban J connectivity index is 1.42. The molecule has 7 heteroatoms. The second-order valence-electron chi connectivity index (χ2n) is 7.50. The average Bonchev–Trinajstić information content (AvgIpc) is 3.14. The van der Waals surface area contributed by atoms with E-state index < -0.39 is 0 Å². The first-order chi connectivity index (χ1) is 15.5. The van der Waals surface area contributed by atoms with Crippen molar-refractivity contribution >= 4 is 29.0 Å². The first-order valence-corrected chi connectivity index (χ1v) is 10.5. The molecule has 3 N–H and O–H groups in total. The van der Waals surface area contributed by atoms with Gasteiger partial charge in [0.05, 0.1) is 12.3 Å². The fraction of sp³-hybridized carbons (Fsp3) is 0.200. The van der Waals surface area contributed by atoms with Gasteiger partial charge in [0.1, 0.15) is 17.6 Å². The van der Waals surface area contributed by atoms with E-state index in [1.807, 2.05) is 44.2 Å². The van der Waals surface area contributed by atoms with Crippen molar-refractivity contribution in [3.8, 4) is 11.5 Å². The lowest BCUT2D eigenvalue weighted by molar-refractivity contribution is 0.102. The Morgan fingerprint density at radius 1 is 0.969 bits per heavy atom. The van der Waals surface area contributed by atoms with Gasteiger partial charge in [-0.3, -0.25) is 4.79 Å². The number of hydrogen-bond acceptors (Lipinski definition) is 4. The number of fused-ring (bicyclic) bond motifs is 1. The molecule has 0 fully saturated rings. The molecule has 0 saturated carbocycles. The summed E-state index contributed by atoms with van der Waals surface area (Å²) in [4.78, 5) is 24.9. The number of nitrogens with one attached hydrogen (secondary N) is 3. The topological polar surface area (TPSA) is 88.7 Å². The molecule has 0 bridgehead atoms. The number of hydrogen-bond donors (Lipinski definition) is 3. The fourth-order valence-corrected chi connectivity index (χ4v) is 3.53. The van der Waals surface area contributed by atoms with Gasteiger partial charge in [0, 0.05) is 35.0 Å². The van der Waals surface area contributed by atoms with Gasteiger partial charge in [-0.25, -0.2) is 4.79 Å². The third-order valence-corrected chi connectivity index (χ3v) is 4.98.